The van der Waals surface area contributed by atoms with E-state index in [0.717, 1.165) is 38.4 Å². The maximum Gasteiger partial charge on any atom is 0.256 e. The quantitative estimate of drug-likeness (QED) is 0.861. The third kappa shape index (κ3) is 3.26. The van der Waals surface area contributed by atoms with Gasteiger partial charge in [-0.15, -0.1) is 0 Å². The molecule has 0 spiro atoms. The molecular weight excluding hydrogens is 228 g/mol. The van der Waals surface area contributed by atoms with Crippen LogP contribution in [0.4, 0.5) is 0 Å². The van der Waals surface area contributed by atoms with Crippen molar-refractivity contribution in [1.29, 1.82) is 0 Å². The Labute approximate surface area is 108 Å². The van der Waals surface area contributed by atoms with E-state index in [1.54, 1.807) is 12.4 Å². The van der Waals surface area contributed by atoms with E-state index in [4.69, 9.17) is 0 Å². The highest BCUT2D eigenvalue weighted by molar-refractivity contribution is 5.93. The number of nitrogens with zero attached hydrogens (tertiary/aromatic N) is 3. The molecule has 18 heavy (non-hydrogen) atoms. The predicted octanol–water partition coefficient (Wildman–Crippen LogP) is 0.938. The number of hydrogen-bond acceptors (Lipinski definition) is 4. The van der Waals surface area contributed by atoms with Gasteiger partial charge < -0.3 is 10.2 Å². The van der Waals surface area contributed by atoms with E-state index in [-0.39, 0.29) is 5.91 Å². The average molecular weight is 248 g/mol. The van der Waals surface area contributed by atoms with Crippen LogP contribution in [0.5, 0.6) is 0 Å². The minimum absolute atomic E-state index is 0.0580. The maximum absolute atomic E-state index is 12.2. The zero-order chi connectivity index (χ0) is 12.8. The molecule has 0 aliphatic carbocycles. The molecule has 1 aromatic heterocycles. The molecule has 0 atom stereocenters. The van der Waals surface area contributed by atoms with Crippen molar-refractivity contribution in [1.82, 2.24) is 20.2 Å². The smallest absolute Gasteiger partial charge is 0.256 e. The topological polar surface area (TPSA) is 58.1 Å². The summed E-state index contributed by atoms with van der Waals surface area (Å²) < 4.78 is 0. The van der Waals surface area contributed by atoms with E-state index in [1.165, 1.54) is 12.7 Å². The standard InChI is InChI=1S/C13H20N4O/c1-14-5-2-11-3-6-17(7-4-11)13(18)12-8-15-10-16-9-12/h8-11,14H,2-7H2,1H3. The average Bonchev–Trinajstić information content (AvgIpc) is 2.46. The van der Waals surface area contributed by atoms with E-state index in [2.05, 4.69) is 15.3 Å². The fourth-order valence-electron chi connectivity index (χ4n) is 2.37. The molecule has 1 aliphatic heterocycles. The molecule has 1 aliphatic rings. The first-order valence-electron chi connectivity index (χ1n) is 6.50. The molecule has 0 unspecified atom stereocenters. The zero-order valence-corrected chi connectivity index (χ0v) is 10.8. The van der Waals surface area contributed by atoms with Gasteiger partial charge in [0.2, 0.25) is 0 Å². The minimum atomic E-state index is 0.0580. The number of aromatic nitrogens is 2. The molecule has 5 heteroatoms. The summed E-state index contributed by atoms with van der Waals surface area (Å²) in [4.78, 5) is 21.8. The molecule has 2 rings (SSSR count). The first-order chi connectivity index (χ1) is 8.81. The first kappa shape index (κ1) is 13.0. The van der Waals surface area contributed by atoms with Crippen LogP contribution in [0.1, 0.15) is 29.6 Å². The van der Waals surface area contributed by atoms with Gasteiger partial charge in [-0.05, 0) is 38.8 Å². The number of carbonyl (C=O) groups is 1. The van der Waals surface area contributed by atoms with Crippen LogP contribution in [0.3, 0.4) is 0 Å². The van der Waals surface area contributed by atoms with Gasteiger partial charge >= 0.3 is 0 Å². The Morgan fingerprint density at radius 2 is 2.06 bits per heavy atom. The van der Waals surface area contributed by atoms with Crippen LogP contribution in [-0.4, -0.2) is 47.5 Å². The van der Waals surface area contributed by atoms with Gasteiger partial charge in [0, 0.05) is 25.5 Å². The largest absolute Gasteiger partial charge is 0.339 e. The summed E-state index contributed by atoms with van der Waals surface area (Å²) in [5, 5.41) is 3.18. The second kappa shape index (κ2) is 6.44. The highest BCUT2D eigenvalue weighted by Gasteiger charge is 2.23. The summed E-state index contributed by atoms with van der Waals surface area (Å²) in [7, 11) is 1.98. The van der Waals surface area contributed by atoms with Gasteiger partial charge in [0.1, 0.15) is 6.33 Å². The normalized spacial score (nSPS) is 16.8. The van der Waals surface area contributed by atoms with E-state index >= 15 is 0 Å². The van der Waals surface area contributed by atoms with E-state index in [9.17, 15) is 4.79 Å². The second-order valence-corrected chi connectivity index (χ2v) is 4.75. The highest BCUT2D eigenvalue weighted by atomic mass is 16.2. The van der Waals surface area contributed by atoms with Gasteiger partial charge in [0.15, 0.2) is 0 Å². The van der Waals surface area contributed by atoms with E-state index < -0.39 is 0 Å². The zero-order valence-electron chi connectivity index (χ0n) is 10.8. The van der Waals surface area contributed by atoms with Gasteiger partial charge in [-0.25, -0.2) is 9.97 Å². The molecule has 0 radical (unpaired) electrons. The van der Waals surface area contributed by atoms with Crippen LogP contribution in [0.2, 0.25) is 0 Å². The number of amides is 1. The van der Waals surface area contributed by atoms with Crippen molar-refractivity contribution in [3.8, 4) is 0 Å². The number of nitrogens with one attached hydrogen (secondary N) is 1. The molecule has 1 saturated heterocycles. The lowest BCUT2D eigenvalue weighted by Gasteiger charge is -2.32. The summed E-state index contributed by atoms with van der Waals surface area (Å²) in [5.74, 6) is 0.802. The Morgan fingerprint density at radius 1 is 1.39 bits per heavy atom. The molecule has 1 amide bonds. The SMILES string of the molecule is CNCCC1CCN(C(=O)c2cncnc2)CC1. The number of carbonyl (C=O) groups excluding carboxylic acids is 1. The van der Waals surface area contributed by atoms with Crippen LogP contribution in [-0.2, 0) is 0 Å². The number of likely N-dealkylation sites (tertiary alicyclic amines) is 1. The summed E-state index contributed by atoms with van der Waals surface area (Å²) in [6, 6.07) is 0. The first-order valence-corrected chi connectivity index (χ1v) is 6.50. The van der Waals surface area contributed by atoms with Crippen LogP contribution in [0.15, 0.2) is 18.7 Å². The third-order valence-electron chi connectivity index (χ3n) is 3.51. The molecule has 0 bridgehead atoms. The van der Waals surface area contributed by atoms with Crippen molar-refractivity contribution in [3.63, 3.8) is 0 Å². The Hall–Kier alpha value is -1.49. The lowest BCUT2D eigenvalue weighted by atomic mass is 9.93. The van der Waals surface area contributed by atoms with Gasteiger partial charge in [0.25, 0.3) is 5.91 Å². The molecule has 1 aromatic rings. The number of piperidine rings is 1. The molecule has 1 N–H and O–H groups in total. The number of rotatable bonds is 4. The van der Waals surface area contributed by atoms with Crippen molar-refractivity contribution < 1.29 is 4.79 Å². The van der Waals surface area contributed by atoms with Gasteiger partial charge in [-0.1, -0.05) is 0 Å². The molecule has 5 nitrogen and oxygen atoms in total. The van der Waals surface area contributed by atoms with Crippen molar-refractivity contribution >= 4 is 5.91 Å². The third-order valence-corrected chi connectivity index (χ3v) is 3.51. The Kier molecular flexibility index (Phi) is 4.64. The van der Waals surface area contributed by atoms with Crippen molar-refractivity contribution in [2.45, 2.75) is 19.3 Å². The summed E-state index contributed by atoms with van der Waals surface area (Å²) in [6.07, 6.45) is 8.01. The van der Waals surface area contributed by atoms with Gasteiger partial charge in [0.05, 0.1) is 5.56 Å². The maximum atomic E-state index is 12.2. The molecule has 0 saturated carbocycles. The van der Waals surface area contributed by atoms with Gasteiger partial charge in [-0.3, -0.25) is 4.79 Å². The minimum Gasteiger partial charge on any atom is -0.339 e. The number of hydrogen-bond donors (Lipinski definition) is 1. The fourth-order valence-corrected chi connectivity index (χ4v) is 2.37. The van der Waals surface area contributed by atoms with Crippen molar-refractivity contribution in [2.24, 2.45) is 5.92 Å². The van der Waals surface area contributed by atoms with Crippen LogP contribution < -0.4 is 5.32 Å². The van der Waals surface area contributed by atoms with Gasteiger partial charge in [-0.2, -0.15) is 0 Å². The lowest BCUT2D eigenvalue weighted by Crippen LogP contribution is -2.39. The summed E-state index contributed by atoms with van der Waals surface area (Å²) in [6.45, 7) is 2.76. The van der Waals surface area contributed by atoms with E-state index in [1.807, 2.05) is 11.9 Å². The predicted molar refractivity (Wildman–Crippen MR) is 69.2 cm³/mol. The monoisotopic (exact) mass is 248 g/mol. The van der Waals surface area contributed by atoms with Crippen molar-refractivity contribution in [2.75, 3.05) is 26.7 Å². The Balaban J connectivity index is 1.84. The second-order valence-electron chi connectivity index (χ2n) is 4.75. The molecular formula is C13H20N4O. The Bertz CT molecular complexity index is 374. The summed E-state index contributed by atoms with van der Waals surface area (Å²) >= 11 is 0. The highest BCUT2D eigenvalue weighted by Crippen LogP contribution is 2.21. The Morgan fingerprint density at radius 3 is 2.67 bits per heavy atom. The molecule has 2 heterocycles. The molecule has 98 valence electrons. The van der Waals surface area contributed by atoms with Crippen molar-refractivity contribution in [3.05, 3.63) is 24.3 Å². The van der Waals surface area contributed by atoms with Crippen LogP contribution in [0, 0.1) is 5.92 Å². The summed E-state index contributed by atoms with van der Waals surface area (Å²) in [5.41, 5.74) is 0.589. The van der Waals surface area contributed by atoms with E-state index in [0.29, 0.717) is 5.56 Å². The fraction of sp³-hybridized carbons (Fsp3) is 0.615. The molecule has 0 aromatic carbocycles. The van der Waals surface area contributed by atoms with Crippen LogP contribution in [0.25, 0.3) is 0 Å². The van der Waals surface area contributed by atoms with Crippen LogP contribution >= 0.6 is 0 Å². The lowest BCUT2D eigenvalue weighted by molar-refractivity contribution is 0.0686. The molecule has 1 fully saturated rings.